The minimum atomic E-state index is -3.54. The summed E-state index contributed by atoms with van der Waals surface area (Å²) in [5.74, 6) is -1.03. The van der Waals surface area contributed by atoms with Crippen molar-refractivity contribution < 1.29 is 22.3 Å². The fourth-order valence-electron chi connectivity index (χ4n) is 2.59. The third-order valence-electron chi connectivity index (χ3n) is 4.03. The van der Waals surface area contributed by atoms with Crippen LogP contribution in [-0.4, -0.2) is 20.6 Å². The standard InChI is InChI=1S/C21H17BrFNO4S/c1-29(26,27)16-9-10-18(23)19(12-16)24-21(25)17-7-2-3-8-20(17)28-13-14-5-4-6-15(22)11-14/h2-12H,13H2,1H3,(H,24,25). The summed E-state index contributed by atoms with van der Waals surface area (Å²) in [7, 11) is -3.54. The zero-order valence-electron chi connectivity index (χ0n) is 15.4. The highest BCUT2D eigenvalue weighted by Crippen LogP contribution is 2.24. The summed E-state index contributed by atoms with van der Waals surface area (Å²) in [5.41, 5.74) is 0.882. The molecule has 3 aromatic carbocycles. The van der Waals surface area contributed by atoms with Crippen LogP contribution in [0, 0.1) is 5.82 Å². The number of halogens is 2. The van der Waals surface area contributed by atoms with Crippen LogP contribution in [0.1, 0.15) is 15.9 Å². The summed E-state index contributed by atoms with van der Waals surface area (Å²) in [5, 5.41) is 2.42. The first-order valence-corrected chi connectivity index (χ1v) is 11.2. The molecular weight excluding hydrogens is 461 g/mol. The molecule has 3 aromatic rings. The molecule has 8 heteroatoms. The second kappa shape index (κ2) is 8.75. The Morgan fingerprint density at radius 2 is 1.83 bits per heavy atom. The zero-order chi connectivity index (χ0) is 21.0. The van der Waals surface area contributed by atoms with E-state index in [4.69, 9.17) is 4.74 Å². The molecule has 0 unspecified atom stereocenters. The van der Waals surface area contributed by atoms with E-state index in [1.165, 1.54) is 0 Å². The molecule has 0 saturated carbocycles. The van der Waals surface area contributed by atoms with Gasteiger partial charge in [-0.2, -0.15) is 0 Å². The lowest BCUT2D eigenvalue weighted by Gasteiger charge is -2.13. The fraction of sp³-hybridized carbons (Fsp3) is 0.0952. The lowest BCUT2D eigenvalue weighted by atomic mass is 10.1. The predicted octanol–water partition coefficient (Wildman–Crippen LogP) is 4.82. The van der Waals surface area contributed by atoms with Gasteiger partial charge in [-0.1, -0.05) is 40.2 Å². The number of carbonyl (C=O) groups excluding carboxylic acids is 1. The van der Waals surface area contributed by atoms with Crippen molar-refractivity contribution in [2.75, 3.05) is 11.6 Å². The van der Waals surface area contributed by atoms with Gasteiger partial charge in [0.05, 0.1) is 16.1 Å². The Kier molecular flexibility index (Phi) is 6.34. The van der Waals surface area contributed by atoms with Gasteiger partial charge in [-0.05, 0) is 48.0 Å². The van der Waals surface area contributed by atoms with E-state index in [9.17, 15) is 17.6 Å². The van der Waals surface area contributed by atoms with Crippen LogP contribution in [-0.2, 0) is 16.4 Å². The number of anilines is 1. The van der Waals surface area contributed by atoms with E-state index in [0.29, 0.717) is 5.75 Å². The Balaban J connectivity index is 1.82. The number of nitrogens with one attached hydrogen (secondary N) is 1. The maximum absolute atomic E-state index is 14.1. The quantitative estimate of drug-likeness (QED) is 0.516. The Bertz CT molecular complexity index is 1160. The molecule has 5 nitrogen and oxygen atoms in total. The summed E-state index contributed by atoms with van der Waals surface area (Å²) in [6, 6.07) is 17.4. The first kappa shape index (κ1) is 21.0. The van der Waals surface area contributed by atoms with Crippen LogP contribution in [0.3, 0.4) is 0 Å². The van der Waals surface area contributed by atoms with Crippen LogP contribution in [0.2, 0.25) is 0 Å². The minimum Gasteiger partial charge on any atom is -0.488 e. The molecule has 1 N–H and O–H groups in total. The average molecular weight is 478 g/mol. The van der Waals surface area contributed by atoms with Crippen LogP contribution in [0.4, 0.5) is 10.1 Å². The van der Waals surface area contributed by atoms with E-state index in [1.54, 1.807) is 24.3 Å². The fourth-order valence-corrected chi connectivity index (χ4v) is 3.68. The van der Waals surface area contributed by atoms with E-state index in [2.05, 4.69) is 21.2 Å². The van der Waals surface area contributed by atoms with Crippen molar-refractivity contribution >= 4 is 37.4 Å². The Labute approximate surface area is 176 Å². The lowest BCUT2D eigenvalue weighted by Crippen LogP contribution is -2.15. The van der Waals surface area contributed by atoms with Crippen molar-refractivity contribution in [3.05, 3.63) is 88.1 Å². The van der Waals surface area contributed by atoms with Crippen molar-refractivity contribution in [2.45, 2.75) is 11.5 Å². The van der Waals surface area contributed by atoms with Crippen LogP contribution in [0.5, 0.6) is 5.75 Å². The van der Waals surface area contributed by atoms with Gasteiger partial charge in [0.2, 0.25) is 0 Å². The average Bonchev–Trinajstić information content (AvgIpc) is 2.67. The van der Waals surface area contributed by atoms with Gasteiger partial charge < -0.3 is 10.1 Å². The molecule has 150 valence electrons. The monoisotopic (exact) mass is 477 g/mol. The van der Waals surface area contributed by atoms with Crippen LogP contribution in [0.15, 0.2) is 76.1 Å². The number of para-hydroxylation sites is 1. The largest absolute Gasteiger partial charge is 0.488 e. The SMILES string of the molecule is CS(=O)(=O)c1ccc(F)c(NC(=O)c2ccccc2OCc2cccc(Br)c2)c1. The van der Waals surface area contributed by atoms with Crippen LogP contribution in [0.25, 0.3) is 0 Å². The molecule has 1 amide bonds. The van der Waals surface area contributed by atoms with E-state index in [1.807, 2.05) is 24.3 Å². The Morgan fingerprint density at radius 1 is 1.07 bits per heavy atom. The third kappa shape index (κ3) is 5.42. The molecule has 0 spiro atoms. The second-order valence-electron chi connectivity index (χ2n) is 6.28. The molecule has 0 atom stereocenters. The van der Waals surface area contributed by atoms with E-state index in [-0.39, 0.29) is 22.8 Å². The van der Waals surface area contributed by atoms with Gasteiger partial charge in [-0.25, -0.2) is 12.8 Å². The first-order valence-electron chi connectivity index (χ1n) is 8.51. The van der Waals surface area contributed by atoms with E-state index < -0.39 is 21.6 Å². The molecule has 0 bridgehead atoms. The number of amides is 1. The number of carbonyl (C=O) groups is 1. The number of benzene rings is 3. The molecule has 0 aromatic heterocycles. The number of hydrogen-bond donors (Lipinski definition) is 1. The summed E-state index contributed by atoms with van der Waals surface area (Å²) in [6.45, 7) is 0.238. The molecular formula is C21H17BrFNO4S. The first-order chi connectivity index (χ1) is 13.7. The van der Waals surface area contributed by atoms with Gasteiger partial charge in [-0.3, -0.25) is 4.79 Å². The highest BCUT2D eigenvalue weighted by Gasteiger charge is 2.17. The molecule has 3 rings (SSSR count). The van der Waals surface area contributed by atoms with E-state index in [0.717, 1.165) is 34.5 Å². The molecule has 0 fully saturated rings. The minimum absolute atomic E-state index is 0.0895. The van der Waals surface area contributed by atoms with Crippen molar-refractivity contribution in [1.82, 2.24) is 0 Å². The molecule has 0 aliphatic rings. The lowest BCUT2D eigenvalue weighted by molar-refractivity contribution is 0.102. The van der Waals surface area contributed by atoms with Gasteiger partial charge in [0.15, 0.2) is 9.84 Å². The Hall–Kier alpha value is -2.71. The van der Waals surface area contributed by atoms with Crippen LogP contribution < -0.4 is 10.1 Å². The number of hydrogen-bond acceptors (Lipinski definition) is 4. The zero-order valence-corrected chi connectivity index (χ0v) is 17.8. The topological polar surface area (TPSA) is 72.5 Å². The molecule has 29 heavy (non-hydrogen) atoms. The van der Waals surface area contributed by atoms with E-state index >= 15 is 0 Å². The Morgan fingerprint density at radius 3 is 2.55 bits per heavy atom. The molecule has 0 heterocycles. The number of sulfone groups is 1. The van der Waals surface area contributed by atoms with Gasteiger partial charge in [0, 0.05) is 10.7 Å². The molecule has 0 aliphatic carbocycles. The normalized spacial score (nSPS) is 11.1. The molecule has 0 saturated heterocycles. The highest BCUT2D eigenvalue weighted by atomic mass is 79.9. The number of ether oxygens (including phenoxy) is 1. The second-order valence-corrected chi connectivity index (χ2v) is 9.21. The van der Waals surface area contributed by atoms with Gasteiger partial charge in [0.1, 0.15) is 18.2 Å². The third-order valence-corrected chi connectivity index (χ3v) is 5.63. The molecule has 0 aliphatic heterocycles. The summed E-state index contributed by atoms with van der Waals surface area (Å²) in [6.07, 6.45) is 1.01. The highest BCUT2D eigenvalue weighted by molar-refractivity contribution is 9.10. The van der Waals surface area contributed by atoms with Crippen LogP contribution >= 0.6 is 15.9 Å². The van der Waals surface area contributed by atoms with Crippen molar-refractivity contribution in [3.63, 3.8) is 0 Å². The number of rotatable bonds is 6. The summed E-state index contributed by atoms with van der Waals surface area (Å²) < 4.78 is 44.2. The van der Waals surface area contributed by atoms with Gasteiger partial charge in [-0.15, -0.1) is 0 Å². The maximum atomic E-state index is 14.1. The van der Waals surface area contributed by atoms with Crippen molar-refractivity contribution in [1.29, 1.82) is 0 Å². The smallest absolute Gasteiger partial charge is 0.259 e. The van der Waals surface area contributed by atoms with Gasteiger partial charge >= 0.3 is 0 Å². The predicted molar refractivity (Wildman–Crippen MR) is 112 cm³/mol. The summed E-state index contributed by atoms with van der Waals surface area (Å²) in [4.78, 5) is 12.6. The maximum Gasteiger partial charge on any atom is 0.259 e. The van der Waals surface area contributed by atoms with Crippen molar-refractivity contribution in [3.8, 4) is 5.75 Å². The summed E-state index contributed by atoms with van der Waals surface area (Å²) >= 11 is 3.39. The van der Waals surface area contributed by atoms with Crippen molar-refractivity contribution in [2.24, 2.45) is 0 Å². The molecule has 0 radical (unpaired) electrons. The van der Waals surface area contributed by atoms with Gasteiger partial charge in [0.25, 0.3) is 5.91 Å².